The van der Waals surface area contributed by atoms with E-state index in [2.05, 4.69) is 70.9 Å². The highest BCUT2D eigenvalue weighted by atomic mass is 32.1. The SMILES string of the molecule is CN=C(NCCc1csc(-c2ccccc2)n1)NC1CN(C(C)C)CC1C. The lowest BCUT2D eigenvalue weighted by Crippen LogP contribution is -2.47. The third kappa shape index (κ3) is 5.30. The van der Waals surface area contributed by atoms with Crippen molar-refractivity contribution >= 4 is 17.3 Å². The number of thiazole rings is 1. The topological polar surface area (TPSA) is 52.6 Å². The van der Waals surface area contributed by atoms with Crippen LogP contribution in [0.4, 0.5) is 0 Å². The average molecular weight is 386 g/mol. The maximum atomic E-state index is 4.76. The summed E-state index contributed by atoms with van der Waals surface area (Å²) in [5.41, 5.74) is 2.31. The molecule has 1 aromatic carbocycles. The van der Waals surface area contributed by atoms with Crippen molar-refractivity contribution in [1.29, 1.82) is 0 Å². The van der Waals surface area contributed by atoms with Gasteiger partial charge in [-0.15, -0.1) is 11.3 Å². The average Bonchev–Trinajstić information content (AvgIpc) is 3.29. The number of rotatable bonds is 6. The molecule has 27 heavy (non-hydrogen) atoms. The quantitative estimate of drug-likeness (QED) is 0.592. The number of aromatic nitrogens is 1. The van der Waals surface area contributed by atoms with E-state index in [1.165, 1.54) is 5.56 Å². The minimum absolute atomic E-state index is 0.447. The number of guanidine groups is 1. The van der Waals surface area contributed by atoms with Crippen LogP contribution in [0.2, 0.25) is 0 Å². The Balaban J connectivity index is 1.47. The van der Waals surface area contributed by atoms with Gasteiger partial charge in [0.2, 0.25) is 0 Å². The molecule has 0 aliphatic carbocycles. The number of nitrogens with zero attached hydrogens (tertiary/aromatic N) is 3. The predicted molar refractivity (Wildman–Crippen MR) is 115 cm³/mol. The zero-order valence-electron chi connectivity index (χ0n) is 16.8. The molecule has 146 valence electrons. The van der Waals surface area contributed by atoms with Crippen molar-refractivity contribution in [3.05, 3.63) is 41.4 Å². The molecular formula is C21H31N5S. The Bertz CT molecular complexity index is 740. The van der Waals surface area contributed by atoms with Crippen LogP contribution >= 0.6 is 11.3 Å². The van der Waals surface area contributed by atoms with Gasteiger partial charge in [-0.25, -0.2) is 4.98 Å². The lowest BCUT2D eigenvalue weighted by molar-refractivity contribution is 0.265. The molecule has 0 bridgehead atoms. The van der Waals surface area contributed by atoms with Gasteiger partial charge in [0.05, 0.1) is 5.69 Å². The molecule has 1 saturated heterocycles. The van der Waals surface area contributed by atoms with Crippen LogP contribution in [-0.2, 0) is 6.42 Å². The smallest absolute Gasteiger partial charge is 0.191 e. The van der Waals surface area contributed by atoms with E-state index in [9.17, 15) is 0 Å². The molecule has 1 aliphatic heterocycles. The van der Waals surface area contributed by atoms with Crippen LogP contribution in [0, 0.1) is 5.92 Å². The molecule has 1 aliphatic rings. The van der Waals surface area contributed by atoms with Crippen LogP contribution in [0.15, 0.2) is 40.7 Å². The number of aliphatic imine (C=N–C) groups is 1. The fraction of sp³-hybridized carbons (Fsp3) is 0.524. The van der Waals surface area contributed by atoms with Gasteiger partial charge in [0, 0.05) is 56.1 Å². The van der Waals surface area contributed by atoms with E-state index in [1.54, 1.807) is 11.3 Å². The molecule has 1 fully saturated rings. The first-order chi connectivity index (χ1) is 13.1. The maximum Gasteiger partial charge on any atom is 0.191 e. The first kappa shape index (κ1) is 19.8. The van der Waals surface area contributed by atoms with Gasteiger partial charge in [-0.05, 0) is 19.8 Å². The van der Waals surface area contributed by atoms with Crippen molar-refractivity contribution < 1.29 is 0 Å². The van der Waals surface area contributed by atoms with Crippen LogP contribution in [0.5, 0.6) is 0 Å². The van der Waals surface area contributed by atoms with Gasteiger partial charge in [0.1, 0.15) is 5.01 Å². The minimum atomic E-state index is 0.447. The zero-order valence-corrected chi connectivity index (χ0v) is 17.6. The van der Waals surface area contributed by atoms with Gasteiger partial charge in [-0.2, -0.15) is 0 Å². The number of hydrogen-bond acceptors (Lipinski definition) is 4. The Morgan fingerprint density at radius 1 is 1.30 bits per heavy atom. The second-order valence-electron chi connectivity index (χ2n) is 7.53. The summed E-state index contributed by atoms with van der Waals surface area (Å²) >= 11 is 1.71. The molecule has 1 aromatic heterocycles. The molecule has 2 unspecified atom stereocenters. The van der Waals surface area contributed by atoms with E-state index >= 15 is 0 Å². The van der Waals surface area contributed by atoms with Crippen molar-refractivity contribution in [2.24, 2.45) is 10.9 Å². The second-order valence-corrected chi connectivity index (χ2v) is 8.39. The fourth-order valence-electron chi connectivity index (χ4n) is 3.43. The fourth-order valence-corrected chi connectivity index (χ4v) is 4.29. The molecule has 2 aromatic rings. The summed E-state index contributed by atoms with van der Waals surface area (Å²) in [6, 6.07) is 11.4. The largest absolute Gasteiger partial charge is 0.356 e. The van der Waals surface area contributed by atoms with Gasteiger partial charge in [-0.3, -0.25) is 9.89 Å². The molecule has 6 heteroatoms. The maximum absolute atomic E-state index is 4.76. The van der Waals surface area contributed by atoms with E-state index in [1.807, 2.05) is 13.1 Å². The Morgan fingerprint density at radius 3 is 2.74 bits per heavy atom. The lowest BCUT2D eigenvalue weighted by Gasteiger charge is -2.21. The number of hydrogen-bond donors (Lipinski definition) is 2. The van der Waals surface area contributed by atoms with Gasteiger partial charge < -0.3 is 10.6 Å². The number of benzene rings is 1. The van der Waals surface area contributed by atoms with E-state index in [0.717, 1.165) is 42.7 Å². The van der Waals surface area contributed by atoms with Crippen LogP contribution in [0.25, 0.3) is 10.6 Å². The summed E-state index contributed by atoms with van der Waals surface area (Å²) in [7, 11) is 1.84. The molecule has 0 saturated carbocycles. The summed E-state index contributed by atoms with van der Waals surface area (Å²) in [4.78, 5) is 11.7. The predicted octanol–water partition coefficient (Wildman–Crippen LogP) is 3.25. The van der Waals surface area contributed by atoms with E-state index in [0.29, 0.717) is 18.0 Å². The highest BCUT2D eigenvalue weighted by Crippen LogP contribution is 2.23. The third-order valence-electron chi connectivity index (χ3n) is 5.16. The van der Waals surface area contributed by atoms with Gasteiger partial charge in [0.25, 0.3) is 0 Å². The van der Waals surface area contributed by atoms with Crippen molar-refractivity contribution in [3.8, 4) is 10.6 Å². The Labute approximate surface area is 166 Å². The molecule has 2 N–H and O–H groups in total. The molecule has 3 rings (SSSR count). The van der Waals surface area contributed by atoms with E-state index < -0.39 is 0 Å². The number of likely N-dealkylation sites (tertiary alicyclic amines) is 1. The summed E-state index contributed by atoms with van der Waals surface area (Å²) in [5.74, 6) is 1.51. The van der Waals surface area contributed by atoms with Crippen molar-refractivity contribution in [2.75, 3.05) is 26.7 Å². The summed E-state index contributed by atoms with van der Waals surface area (Å²) in [6.07, 6.45) is 0.891. The molecule has 0 amide bonds. The van der Waals surface area contributed by atoms with Crippen LogP contribution in [-0.4, -0.2) is 54.6 Å². The molecule has 5 nitrogen and oxygen atoms in total. The van der Waals surface area contributed by atoms with Crippen molar-refractivity contribution in [1.82, 2.24) is 20.5 Å². The Hall–Kier alpha value is -1.92. The standard InChI is InChI=1S/C21H31N5S/c1-15(2)26-12-16(3)19(13-26)25-21(22-4)23-11-10-18-14-27-20(24-18)17-8-6-5-7-9-17/h5-9,14-16,19H,10-13H2,1-4H3,(H2,22,23,25). The van der Waals surface area contributed by atoms with Gasteiger partial charge >= 0.3 is 0 Å². The third-order valence-corrected chi connectivity index (χ3v) is 6.10. The minimum Gasteiger partial charge on any atom is -0.356 e. The van der Waals surface area contributed by atoms with Crippen LogP contribution < -0.4 is 10.6 Å². The molecule has 2 heterocycles. The second kappa shape index (κ2) is 9.33. The van der Waals surface area contributed by atoms with Crippen LogP contribution in [0.1, 0.15) is 26.5 Å². The first-order valence-corrected chi connectivity index (χ1v) is 10.7. The monoisotopic (exact) mass is 385 g/mol. The van der Waals surface area contributed by atoms with Gasteiger partial charge in [-0.1, -0.05) is 37.3 Å². The molecule has 0 radical (unpaired) electrons. The Kier molecular flexibility index (Phi) is 6.85. The summed E-state index contributed by atoms with van der Waals surface area (Å²) < 4.78 is 0. The normalized spacial score (nSPS) is 21.0. The highest BCUT2D eigenvalue weighted by molar-refractivity contribution is 7.13. The molecule has 2 atom stereocenters. The Morgan fingerprint density at radius 2 is 2.07 bits per heavy atom. The summed E-state index contributed by atoms with van der Waals surface area (Å²) in [5, 5.41) is 10.3. The van der Waals surface area contributed by atoms with Gasteiger partial charge in [0.15, 0.2) is 5.96 Å². The van der Waals surface area contributed by atoms with E-state index in [-0.39, 0.29) is 0 Å². The lowest BCUT2D eigenvalue weighted by atomic mass is 10.1. The zero-order chi connectivity index (χ0) is 19.2. The highest BCUT2D eigenvalue weighted by Gasteiger charge is 2.31. The molecule has 0 spiro atoms. The van der Waals surface area contributed by atoms with E-state index in [4.69, 9.17) is 4.98 Å². The van der Waals surface area contributed by atoms with Crippen molar-refractivity contribution in [3.63, 3.8) is 0 Å². The van der Waals surface area contributed by atoms with Crippen molar-refractivity contribution in [2.45, 2.75) is 39.3 Å². The number of nitrogens with one attached hydrogen (secondary N) is 2. The molecular weight excluding hydrogens is 354 g/mol. The summed E-state index contributed by atoms with van der Waals surface area (Å²) in [6.45, 7) is 9.89. The van der Waals surface area contributed by atoms with Crippen LogP contribution in [0.3, 0.4) is 0 Å². The first-order valence-electron chi connectivity index (χ1n) is 9.78.